The van der Waals surface area contributed by atoms with E-state index < -0.39 is 0 Å². The molecular formula is C12H19N7. The van der Waals surface area contributed by atoms with E-state index in [0.29, 0.717) is 12.4 Å². The number of aryl methyl sites for hydroxylation is 1. The Kier molecular flexibility index (Phi) is 3.96. The van der Waals surface area contributed by atoms with Gasteiger partial charge < -0.3 is 10.7 Å². The minimum Gasteiger partial charge on any atom is -0.366 e. The molecule has 0 aliphatic rings. The quantitative estimate of drug-likeness (QED) is 0.553. The molecule has 7 heteroatoms. The van der Waals surface area contributed by atoms with Gasteiger partial charge in [0.05, 0.1) is 6.20 Å². The Labute approximate surface area is 112 Å². The highest BCUT2D eigenvalue weighted by molar-refractivity contribution is 5.47. The fourth-order valence-corrected chi connectivity index (χ4v) is 1.64. The lowest BCUT2D eigenvalue weighted by atomic mass is 10.2. The number of hydrogen-bond acceptors (Lipinski definition) is 6. The van der Waals surface area contributed by atoms with Gasteiger partial charge in [-0.25, -0.2) is 15.8 Å². The lowest BCUT2D eigenvalue weighted by Gasteiger charge is -2.10. The van der Waals surface area contributed by atoms with Crippen LogP contribution in [0.15, 0.2) is 18.5 Å². The molecule has 2 aromatic rings. The Balaban J connectivity index is 2.12. The van der Waals surface area contributed by atoms with E-state index in [1.54, 1.807) is 10.7 Å². The normalized spacial score (nSPS) is 10.8. The number of hydrogen-bond donors (Lipinski definition) is 3. The average Bonchev–Trinajstić information content (AvgIpc) is 2.81. The third-order valence-electron chi connectivity index (χ3n) is 2.64. The van der Waals surface area contributed by atoms with E-state index in [1.807, 2.05) is 33.3 Å². The topological polar surface area (TPSA) is 93.7 Å². The van der Waals surface area contributed by atoms with Gasteiger partial charge in [0.15, 0.2) is 0 Å². The van der Waals surface area contributed by atoms with Crippen molar-refractivity contribution in [2.75, 3.05) is 10.7 Å². The van der Waals surface area contributed by atoms with Gasteiger partial charge in [0, 0.05) is 37.3 Å². The highest BCUT2D eigenvalue weighted by atomic mass is 15.3. The SMILES string of the molecule is CC(C)c1nc(NN)cc(NCc2cnn(C)c2)n1. The second-order valence-corrected chi connectivity index (χ2v) is 4.67. The van der Waals surface area contributed by atoms with Crippen LogP contribution in [0.2, 0.25) is 0 Å². The van der Waals surface area contributed by atoms with E-state index in [-0.39, 0.29) is 5.92 Å². The summed E-state index contributed by atoms with van der Waals surface area (Å²) in [5.74, 6) is 7.76. The van der Waals surface area contributed by atoms with Crippen LogP contribution < -0.4 is 16.6 Å². The molecule has 0 radical (unpaired) electrons. The first-order chi connectivity index (χ1) is 9.08. The van der Waals surface area contributed by atoms with Crippen molar-refractivity contribution >= 4 is 11.6 Å². The van der Waals surface area contributed by atoms with Gasteiger partial charge in [-0.2, -0.15) is 5.10 Å². The van der Waals surface area contributed by atoms with Crippen LogP contribution in [0.3, 0.4) is 0 Å². The van der Waals surface area contributed by atoms with E-state index in [9.17, 15) is 0 Å². The summed E-state index contributed by atoms with van der Waals surface area (Å²) in [6.45, 7) is 4.74. The summed E-state index contributed by atoms with van der Waals surface area (Å²) in [7, 11) is 1.89. The van der Waals surface area contributed by atoms with Crippen molar-refractivity contribution in [3.8, 4) is 0 Å². The Morgan fingerprint density at radius 2 is 2.05 bits per heavy atom. The van der Waals surface area contributed by atoms with Crippen LogP contribution in [0, 0.1) is 0 Å². The Morgan fingerprint density at radius 1 is 1.32 bits per heavy atom. The number of aromatic nitrogens is 4. The maximum Gasteiger partial charge on any atom is 0.145 e. The molecular weight excluding hydrogens is 242 g/mol. The zero-order valence-electron chi connectivity index (χ0n) is 11.4. The Hall–Kier alpha value is -2.15. The van der Waals surface area contributed by atoms with Gasteiger partial charge in [0.2, 0.25) is 0 Å². The lowest BCUT2D eigenvalue weighted by molar-refractivity contribution is 0.766. The third-order valence-corrected chi connectivity index (χ3v) is 2.64. The fraction of sp³-hybridized carbons (Fsp3) is 0.417. The van der Waals surface area contributed by atoms with E-state index in [0.717, 1.165) is 17.2 Å². The molecule has 2 heterocycles. The maximum absolute atomic E-state index is 5.42. The predicted octanol–water partition coefficient (Wildman–Crippen LogP) is 1.23. The molecule has 2 aromatic heterocycles. The minimum atomic E-state index is 0.243. The van der Waals surface area contributed by atoms with Crippen LogP contribution in [-0.2, 0) is 13.6 Å². The van der Waals surface area contributed by atoms with Crippen molar-refractivity contribution in [2.24, 2.45) is 12.9 Å². The molecule has 0 amide bonds. The molecule has 0 fully saturated rings. The van der Waals surface area contributed by atoms with Crippen molar-refractivity contribution in [3.63, 3.8) is 0 Å². The van der Waals surface area contributed by atoms with Gasteiger partial charge in [-0.05, 0) is 0 Å². The molecule has 0 aliphatic heterocycles. The lowest BCUT2D eigenvalue weighted by Crippen LogP contribution is -2.12. The van der Waals surface area contributed by atoms with Crippen LogP contribution in [0.5, 0.6) is 0 Å². The molecule has 0 atom stereocenters. The summed E-state index contributed by atoms with van der Waals surface area (Å²) < 4.78 is 1.77. The molecule has 0 aliphatic carbocycles. The number of rotatable bonds is 5. The number of nitrogens with one attached hydrogen (secondary N) is 2. The summed E-state index contributed by atoms with van der Waals surface area (Å²) in [6, 6.07) is 1.78. The van der Waals surface area contributed by atoms with Crippen molar-refractivity contribution in [3.05, 3.63) is 29.8 Å². The molecule has 0 saturated carbocycles. The van der Waals surface area contributed by atoms with Gasteiger partial charge in [-0.15, -0.1) is 0 Å². The molecule has 0 unspecified atom stereocenters. The Bertz CT molecular complexity index is 547. The average molecular weight is 261 g/mol. The summed E-state index contributed by atoms with van der Waals surface area (Å²) in [6.07, 6.45) is 3.78. The number of anilines is 2. The molecule has 0 aromatic carbocycles. The maximum atomic E-state index is 5.42. The molecule has 0 bridgehead atoms. The summed E-state index contributed by atoms with van der Waals surface area (Å²) >= 11 is 0. The predicted molar refractivity (Wildman–Crippen MR) is 74.5 cm³/mol. The van der Waals surface area contributed by atoms with Crippen LogP contribution in [-0.4, -0.2) is 19.7 Å². The monoisotopic (exact) mass is 261 g/mol. The van der Waals surface area contributed by atoms with Crippen LogP contribution in [0.4, 0.5) is 11.6 Å². The van der Waals surface area contributed by atoms with Gasteiger partial charge in [-0.3, -0.25) is 4.68 Å². The van der Waals surface area contributed by atoms with Gasteiger partial charge in [0.1, 0.15) is 17.5 Å². The fourth-order valence-electron chi connectivity index (χ4n) is 1.64. The largest absolute Gasteiger partial charge is 0.366 e. The molecule has 7 nitrogen and oxygen atoms in total. The van der Waals surface area contributed by atoms with Crippen LogP contribution in [0.1, 0.15) is 31.2 Å². The number of nitrogens with two attached hydrogens (primary N) is 1. The second kappa shape index (κ2) is 5.66. The van der Waals surface area contributed by atoms with E-state index in [4.69, 9.17) is 5.84 Å². The van der Waals surface area contributed by atoms with Crippen LogP contribution >= 0.6 is 0 Å². The first-order valence-corrected chi connectivity index (χ1v) is 6.15. The summed E-state index contributed by atoms with van der Waals surface area (Å²) in [5.41, 5.74) is 3.65. The number of nitrogen functional groups attached to an aromatic ring is 1. The smallest absolute Gasteiger partial charge is 0.145 e. The van der Waals surface area contributed by atoms with Crippen molar-refractivity contribution in [2.45, 2.75) is 26.3 Å². The minimum absolute atomic E-state index is 0.243. The summed E-state index contributed by atoms with van der Waals surface area (Å²) in [4.78, 5) is 8.76. The molecule has 0 spiro atoms. The third kappa shape index (κ3) is 3.41. The van der Waals surface area contributed by atoms with E-state index in [1.165, 1.54) is 0 Å². The molecule has 4 N–H and O–H groups in total. The van der Waals surface area contributed by atoms with Gasteiger partial charge in [-0.1, -0.05) is 13.8 Å². The molecule has 2 rings (SSSR count). The highest BCUT2D eigenvalue weighted by Gasteiger charge is 2.07. The molecule has 19 heavy (non-hydrogen) atoms. The summed E-state index contributed by atoms with van der Waals surface area (Å²) in [5, 5.41) is 7.36. The first-order valence-electron chi connectivity index (χ1n) is 6.15. The van der Waals surface area contributed by atoms with E-state index in [2.05, 4.69) is 25.8 Å². The van der Waals surface area contributed by atoms with E-state index >= 15 is 0 Å². The standard InChI is InChI=1S/C12H19N7/c1-8(2)12-16-10(4-11(17-12)18-13)14-5-9-6-15-19(3)7-9/h4,6-8H,5,13H2,1-3H3,(H2,14,16,17,18). The van der Waals surface area contributed by atoms with Crippen molar-refractivity contribution < 1.29 is 0 Å². The van der Waals surface area contributed by atoms with Gasteiger partial charge >= 0.3 is 0 Å². The van der Waals surface area contributed by atoms with Gasteiger partial charge in [0.25, 0.3) is 0 Å². The number of nitrogens with zero attached hydrogens (tertiary/aromatic N) is 4. The zero-order valence-corrected chi connectivity index (χ0v) is 11.4. The van der Waals surface area contributed by atoms with Crippen molar-refractivity contribution in [1.82, 2.24) is 19.7 Å². The van der Waals surface area contributed by atoms with Crippen molar-refractivity contribution in [1.29, 1.82) is 0 Å². The zero-order chi connectivity index (χ0) is 13.8. The second-order valence-electron chi connectivity index (χ2n) is 4.67. The highest BCUT2D eigenvalue weighted by Crippen LogP contribution is 2.16. The molecule has 102 valence electrons. The molecule has 0 saturated heterocycles. The Morgan fingerprint density at radius 3 is 2.63 bits per heavy atom. The first kappa shape index (κ1) is 13.3. The van der Waals surface area contributed by atoms with Crippen LogP contribution in [0.25, 0.3) is 0 Å². The number of hydrazine groups is 1.